The van der Waals surface area contributed by atoms with Crippen molar-refractivity contribution in [2.24, 2.45) is 23.7 Å². The molecule has 1 aromatic carbocycles. The van der Waals surface area contributed by atoms with Crippen molar-refractivity contribution in [2.45, 2.75) is 104 Å². The Balaban J connectivity index is 1.73. The summed E-state index contributed by atoms with van der Waals surface area (Å²) in [6, 6.07) is 4.19. The molecule has 0 spiro atoms. The standard InChI is InChI=1S/C37H57N7O7/c1-21(2)25-17-18-44(35(50)28(22(3)4)41-36(51)42-37(5,6)7)30(25)32(47)39-26(19-23-15-16-23)31(46)33(48)38-20-27(45)40-29(34(49)43(8)9)24-13-11-10-12-14-24/h10-14,21-23,25-26,28-30H,15-20H2,1-9H3,(H,38,48)(H,39,47)(H,40,45)(H2,41,42,51)/t25-,26?,28+,29+,30+/m1/s1. The van der Waals surface area contributed by atoms with Crippen LogP contribution in [0.1, 0.15) is 85.8 Å². The summed E-state index contributed by atoms with van der Waals surface area (Å²) in [5.41, 5.74) is 0.0320. The van der Waals surface area contributed by atoms with Gasteiger partial charge in [-0.05, 0) is 62.8 Å². The number of hydrogen-bond donors (Lipinski definition) is 5. The number of ketones is 1. The summed E-state index contributed by atoms with van der Waals surface area (Å²) in [4.78, 5) is 96.0. The molecule has 5 atom stereocenters. The van der Waals surface area contributed by atoms with Crippen LogP contribution in [-0.2, 0) is 28.8 Å². The quantitative estimate of drug-likeness (QED) is 0.172. The third-order valence-corrected chi connectivity index (χ3v) is 9.22. The summed E-state index contributed by atoms with van der Waals surface area (Å²) >= 11 is 0. The van der Waals surface area contributed by atoms with E-state index in [4.69, 9.17) is 0 Å². The van der Waals surface area contributed by atoms with Crippen LogP contribution in [0.25, 0.3) is 0 Å². The fourth-order valence-electron chi connectivity index (χ4n) is 6.29. The van der Waals surface area contributed by atoms with Crippen LogP contribution in [0.2, 0.25) is 0 Å². The van der Waals surface area contributed by atoms with Gasteiger partial charge in [0.25, 0.3) is 5.91 Å². The number of urea groups is 1. The van der Waals surface area contributed by atoms with E-state index in [0.29, 0.717) is 18.5 Å². The maximum Gasteiger partial charge on any atom is 0.315 e. The normalized spacial score (nSPS) is 19.1. The topological polar surface area (TPSA) is 186 Å². The molecule has 0 radical (unpaired) electrons. The highest BCUT2D eigenvalue weighted by molar-refractivity contribution is 6.38. The number of rotatable bonds is 15. The van der Waals surface area contributed by atoms with E-state index in [1.165, 1.54) is 9.80 Å². The molecule has 1 saturated heterocycles. The molecule has 5 N–H and O–H groups in total. The van der Waals surface area contributed by atoms with E-state index in [9.17, 15) is 33.6 Å². The first-order chi connectivity index (χ1) is 23.8. The Labute approximate surface area is 301 Å². The highest BCUT2D eigenvalue weighted by atomic mass is 16.2. The molecule has 3 rings (SSSR count). The van der Waals surface area contributed by atoms with Gasteiger partial charge in [0.15, 0.2) is 0 Å². The van der Waals surface area contributed by atoms with Gasteiger partial charge in [-0.2, -0.15) is 0 Å². The number of likely N-dealkylation sites (N-methyl/N-ethyl adjacent to an activating group) is 1. The molecule has 0 bridgehead atoms. The van der Waals surface area contributed by atoms with Crippen LogP contribution in [0.5, 0.6) is 0 Å². The largest absolute Gasteiger partial charge is 0.347 e. The number of likely N-dealkylation sites (tertiary alicyclic amines) is 1. The smallest absolute Gasteiger partial charge is 0.315 e. The van der Waals surface area contributed by atoms with Gasteiger partial charge in [0, 0.05) is 26.2 Å². The Morgan fingerprint density at radius 1 is 0.882 bits per heavy atom. The zero-order valence-corrected chi connectivity index (χ0v) is 31.5. The molecule has 1 aliphatic carbocycles. The first-order valence-corrected chi connectivity index (χ1v) is 17.9. The van der Waals surface area contributed by atoms with Gasteiger partial charge < -0.3 is 36.4 Å². The zero-order valence-electron chi connectivity index (χ0n) is 31.5. The lowest BCUT2D eigenvalue weighted by Gasteiger charge is -2.34. The molecule has 51 heavy (non-hydrogen) atoms. The van der Waals surface area contributed by atoms with E-state index in [1.54, 1.807) is 44.4 Å². The molecule has 1 saturated carbocycles. The van der Waals surface area contributed by atoms with Crippen LogP contribution in [0.15, 0.2) is 30.3 Å². The number of amides is 7. The third kappa shape index (κ3) is 11.8. The van der Waals surface area contributed by atoms with Crippen molar-refractivity contribution in [1.29, 1.82) is 0 Å². The van der Waals surface area contributed by atoms with Gasteiger partial charge >= 0.3 is 6.03 Å². The monoisotopic (exact) mass is 711 g/mol. The highest BCUT2D eigenvalue weighted by Gasteiger charge is 2.46. The van der Waals surface area contributed by atoms with Crippen LogP contribution in [0, 0.1) is 23.7 Å². The molecule has 2 aliphatic rings. The molecule has 1 aromatic rings. The summed E-state index contributed by atoms with van der Waals surface area (Å²) in [6.45, 7) is 12.8. The fourth-order valence-corrected chi connectivity index (χ4v) is 6.29. The van der Waals surface area contributed by atoms with Gasteiger partial charge in [0.2, 0.25) is 29.4 Å². The Kier molecular flexibility index (Phi) is 14.2. The second-order valence-electron chi connectivity index (χ2n) is 15.7. The Morgan fingerprint density at radius 3 is 2.04 bits per heavy atom. The van der Waals surface area contributed by atoms with E-state index in [0.717, 1.165) is 12.8 Å². The third-order valence-electron chi connectivity index (χ3n) is 9.22. The number of hydrogen-bond acceptors (Lipinski definition) is 7. The molecule has 14 heteroatoms. The molecule has 1 unspecified atom stereocenters. The maximum atomic E-state index is 14.1. The summed E-state index contributed by atoms with van der Waals surface area (Å²) in [5, 5.41) is 13.4. The fraction of sp³-hybridized carbons (Fsp3) is 0.649. The van der Waals surface area contributed by atoms with Crippen molar-refractivity contribution in [2.75, 3.05) is 27.2 Å². The van der Waals surface area contributed by atoms with Crippen molar-refractivity contribution in [3.8, 4) is 0 Å². The van der Waals surface area contributed by atoms with Crippen LogP contribution >= 0.6 is 0 Å². The molecule has 282 valence electrons. The van der Waals surface area contributed by atoms with Crippen molar-refractivity contribution in [1.82, 2.24) is 36.4 Å². The predicted molar refractivity (Wildman–Crippen MR) is 192 cm³/mol. The molecule has 7 amide bonds. The van der Waals surface area contributed by atoms with Gasteiger partial charge in [-0.15, -0.1) is 0 Å². The van der Waals surface area contributed by atoms with E-state index in [-0.39, 0.29) is 36.0 Å². The Bertz CT molecular complexity index is 1440. The van der Waals surface area contributed by atoms with Crippen LogP contribution in [0.3, 0.4) is 0 Å². The summed E-state index contributed by atoms with van der Waals surface area (Å²) in [5.74, 6) is -4.25. The second-order valence-corrected chi connectivity index (χ2v) is 15.7. The minimum atomic E-state index is -1.16. The van der Waals surface area contributed by atoms with Crippen molar-refractivity contribution < 1.29 is 33.6 Å². The number of benzene rings is 1. The van der Waals surface area contributed by atoms with Crippen LogP contribution in [0.4, 0.5) is 4.79 Å². The summed E-state index contributed by atoms with van der Waals surface area (Å²) in [6.07, 6.45) is 2.50. The summed E-state index contributed by atoms with van der Waals surface area (Å²) in [7, 11) is 3.13. The number of carbonyl (C=O) groups excluding carboxylic acids is 7. The molecule has 14 nitrogen and oxygen atoms in total. The van der Waals surface area contributed by atoms with Gasteiger partial charge in [-0.1, -0.05) is 70.9 Å². The molecular weight excluding hydrogens is 654 g/mol. The average molecular weight is 712 g/mol. The van der Waals surface area contributed by atoms with Gasteiger partial charge in [-0.25, -0.2) is 4.79 Å². The molecule has 0 aromatic heterocycles. The predicted octanol–water partition coefficient (Wildman–Crippen LogP) is 1.90. The lowest BCUT2D eigenvalue weighted by atomic mass is 9.87. The van der Waals surface area contributed by atoms with E-state index in [1.807, 2.05) is 48.5 Å². The summed E-state index contributed by atoms with van der Waals surface area (Å²) < 4.78 is 0. The maximum absolute atomic E-state index is 14.1. The Morgan fingerprint density at radius 2 is 1.51 bits per heavy atom. The van der Waals surface area contributed by atoms with Gasteiger partial charge in [0.1, 0.15) is 18.1 Å². The zero-order chi connectivity index (χ0) is 38.2. The second kappa shape index (κ2) is 17.6. The number of nitrogens with zero attached hydrogens (tertiary/aromatic N) is 2. The van der Waals surface area contributed by atoms with E-state index >= 15 is 0 Å². The lowest BCUT2D eigenvalue weighted by molar-refractivity contribution is -0.144. The van der Waals surface area contributed by atoms with Crippen molar-refractivity contribution in [3.05, 3.63) is 35.9 Å². The number of Topliss-reactive ketones (excluding diaryl/α,β-unsaturated/α-hetero) is 1. The van der Waals surface area contributed by atoms with Crippen molar-refractivity contribution >= 4 is 41.4 Å². The number of nitrogens with one attached hydrogen (secondary N) is 5. The minimum absolute atomic E-state index is 0.0201. The SMILES string of the molecule is CC(C)[C@H](NC(=O)NC(C)(C)C)C(=O)N1CC[C@H](C(C)C)[C@H]1C(=O)NC(CC1CC1)C(=O)C(=O)NCC(=O)N[C@H](C(=O)N(C)C)c1ccccc1. The average Bonchev–Trinajstić information content (AvgIpc) is 3.75. The van der Waals surface area contributed by atoms with E-state index < -0.39 is 71.7 Å². The Hall–Kier alpha value is -4.49. The van der Waals surface area contributed by atoms with Crippen molar-refractivity contribution in [3.63, 3.8) is 0 Å². The molecule has 1 heterocycles. The highest BCUT2D eigenvalue weighted by Crippen LogP contribution is 2.35. The van der Waals surface area contributed by atoms with Gasteiger partial charge in [-0.3, -0.25) is 28.8 Å². The minimum Gasteiger partial charge on any atom is -0.347 e. The first-order valence-electron chi connectivity index (χ1n) is 17.9. The van der Waals surface area contributed by atoms with Crippen LogP contribution in [-0.4, -0.2) is 102 Å². The molecule has 1 aliphatic heterocycles. The van der Waals surface area contributed by atoms with Gasteiger partial charge in [0.05, 0.1) is 12.6 Å². The molecule has 2 fully saturated rings. The first kappa shape index (κ1) is 40.9. The van der Waals surface area contributed by atoms with E-state index in [2.05, 4.69) is 26.6 Å². The lowest BCUT2D eigenvalue weighted by Crippen LogP contribution is -2.60. The molecular formula is C37H57N7O7. The number of carbonyl (C=O) groups is 7. The van der Waals surface area contributed by atoms with Crippen LogP contribution < -0.4 is 26.6 Å².